The quantitative estimate of drug-likeness (QED) is 0.565. The van der Waals surface area contributed by atoms with Crippen molar-refractivity contribution in [3.8, 4) is 0 Å². The number of nitrogens with one attached hydrogen (secondary N) is 1. The summed E-state index contributed by atoms with van der Waals surface area (Å²) < 4.78 is 0. The highest BCUT2D eigenvalue weighted by Crippen LogP contribution is 2.18. The first-order valence-electron chi connectivity index (χ1n) is 4.44. The summed E-state index contributed by atoms with van der Waals surface area (Å²) in [5.41, 5.74) is 3.28. The highest BCUT2D eigenvalue weighted by atomic mass is 15.6. The van der Waals surface area contributed by atoms with Gasteiger partial charge in [-0.2, -0.15) is 5.01 Å². The zero-order valence-electron chi connectivity index (χ0n) is 7.01. The molecule has 3 heteroatoms. The summed E-state index contributed by atoms with van der Waals surface area (Å²) in [6.07, 6.45) is 5.68. The highest BCUT2D eigenvalue weighted by Gasteiger charge is 2.24. The van der Waals surface area contributed by atoms with Crippen molar-refractivity contribution in [1.29, 1.82) is 0 Å². The minimum atomic E-state index is 0.442. The van der Waals surface area contributed by atoms with Crippen molar-refractivity contribution in [2.45, 2.75) is 38.8 Å². The van der Waals surface area contributed by atoms with Crippen LogP contribution in [0, 0.1) is 0 Å². The van der Waals surface area contributed by atoms with Crippen LogP contribution in [0.4, 0.5) is 0 Å². The van der Waals surface area contributed by atoms with Gasteiger partial charge in [0.25, 0.3) is 0 Å². The van der Waals surface area contributed by atoms with Crippen molar-refractivity contribution < 1.29 is 0 Å². The van der Waals surface area contributed by atoms with Gasteiger partial charge in [0.2, 0.25) is 0 Å². The molecule has 0 aromatic carbocycles. The number of hydrogen-bond donors (Lipinski definition) is 1. The number of rotatable bonds is 0. The lowest BCUT2D eigenvalue weighted by atomic mass is 10.2. The summed E-state index contributed by atoms with van der Waals surface area (Å²) in [7, 11) is 0. The Hall–Kier alpha value is -0.570. The third-order valence-electron chi connectivity index (χ3n) is 2.37. The molecule has 0 saturated carbocycles. The molecule has 1 fully saturated rings. The third kappa shape index (κ3) is 1.38. The Morgan fingerprint density at radius 1 is 1.45 bits per heavy atom. The number of amidine groups is 1. The van der Waals surface area contributed by atoms with Crippen LogP contribution in [0.2, 0.25) is 0 Å². The Morgan fingerprint density at radius 2 is 2.36 bits per heavy atom. The zero-order chi connectivity index (χ0) is 7.68. The number of hydrazine groups is 1. The molecule has 2 heterocycles. The monoisotopic (exact) mass is 153 g/mol. The summed E-state index contributed by atoms with van der Waals surface area (Å²) >= 11 is 0. The van der Waals surface area contributed by atoms with Crippen molar-refractivity contribution in [2.75, 3.05) is 6.54 Å². The molecule has 62 valence electrons. The molecule has 0 radical (unpaired) electrons. The van der Waals surface area contributed by atoms with E-state index in [-0.39, 0.29) is 0 Å². The predicted octanol–water partition coefficient (Wildman–Crippen LogP) is 1.13. The predicted molar refractivity (Wildman–Crippen MR) is 45.2 cm³/mol. The summed E-state index contributed by atoms with van der Waals surface area (Å²) in [6, 6.07) is 0. The van der Waals surface area contributed by atoms with Crippen LogP contribution < -0.4 is 5.43 Å². The van der Waals surface area contributed by atoms with Crippen LogP contribution >= 0.6 is 0 Å². The molecule has 11 heavy (non-hydrogen) atoms. The molecule has 1 atom stereocenters. The fourth-order valence-corrected chi connectivity index (χ4v) is 1.82. The first-order valence-corrected chi connectivity index (χ1v) is 4.44. The lowest BCUT2D eigenvalue weighted by Crippen LogP contribution is -2.39. The van der Waals surface area contributed by atoms with Gasteiger partial charge in [0.15, 0.2) is 0 Å². The van der Waals surface area contributed by atoms with Crippen LogP contribution in [0.3, 0.4) is 0 Å². The van der Waals surface area contributed by atoms with E-state index >= 15 is 0 Å². The van der Waals surface area contributed by atoms with E-state index in [1.165, 1.54) is 25.7 Å². The van der Waals surface area contributed by atoms with E-state index in [1.54, 1.807) is 0 Å². The molecule has 2 rings (SSSR count). The Kier molecular flexibility index (Phi) is 1.82. The average molecular weight is 153 g/mol. The number of hydrogen-bond acceptors (Lipinski definition) is 3. The van der Waals surface area contributed by atoms with Crippen molar-refractivity contribution in [3.63, 3.8) is 0 Å². The van der Waals surface area contributed by atoms with Gasteiger partial charge in [-0.25, -0.2) is 0 Å². The van der Waals surface area contributed by atoms with Gasteiger partial charge in [0, 0.05) is 6.54 Å². The van der Waals surface area contributed by atoms with Gasteiger partial charge < -0.3 is 5.43 Å². The second-order valence-corrected chi connectivity index (χ2v) is 3.35. The maximum Gasteiger partial charge on any atom is 0.121 e. The summed E-state index contributed by atoms with van der Waals surface area (Å²) in [6.45, 7) is 3.19. The molecule has 2 aliphatic heterocycles. The molecule has 1 N–H and O–H groups in total. The normalized spacial score (nSPS) is 32.1. The van der Waals surface area contributed by atoms with E-state index < -0.39 is 0 Å². The van der Waals surface area contributed by atoms with Crippen molar-refractivity contribution >= 4 is 5.84 Å². The lowest BCUT2D eigenvalue weighted by molar-refractivity contribution is 0.194. The third-order valence-corrected chi connectivity index (χ3v) is 2.37. The van der Waals surface area contributed by atoms with E-state index in [9.17, 15) is 0 Å². The second kappa shape index (κ2) is 2.81. The van der Waals surface area contributed by atoms with E-state index in [0.29, 0.717) is 6.17 Å². The molecule has 1 unspecified atom stereocenters. The van der Waals surface area contributed by atoms with Crippen molar-refractivity contribution in [3.05, 3.63) is 0 Å². The second-order valence-electron chi connectivity index (χ2n) is 3.35. The molecule has 0 spiro atoms. The molecule has 0 amide bonds. The number of fused-ring (bicyclic) bond motifs is 1. The SMILES string of the molecule is CC1=NC2CCCCCN2N1. The fraction of sp³-hybridized carbons (Fsp3) is 0.875. The van der Waals surface area contributed by atoms with Crippen LogP contribution in [0.25, 0.3) is 0 Å². The van der Waals surface area contributed by atoms with Crippen LogP contribution in [0.15, 0.2) is 4.99 Å². The van der Waals surface area contributed by atoms with Crippen LogP contribution in [-0.2, 0) is 0 Å². The van der Waals surface area contributed by atoms with Gasteiger partial charge in [0.05, 0.1) is 0 Å². The maximum absolute atomic E-state index is 4.50. The molecule has 0 aromatic heterocycles. The summed E-state index contributed by atoms with van der Waals surface area (Å²) in [5, 5.41) is 2.27. The molecular weight excluding hydrogens is 138 g/mol. The minimum Gasteiger partial charge on any atom is -0.305 e. The van der Waals surface area contributed by atoms with Gasteiger partial charge in [-0.3, -0.25) is 4.99 Å². The van der Waals surface area contributed by atoms with E-state index in [0.717, 1.165) is 12.4 Å². The van der Waals surface area contributed by atoms with Gasteiger partial charge in [-0.1, -0.05) is 6.42 Å². The Morgan fingerprint density at radius 3 is 3.27 bits per heavy atom. The first kappa shape index (κ1) is 7.10. The van der Waals surface area contributed by atoms with Crippen LogP contribution in [-0.4, -0.2) is 23.6 Å². The fourth-order valence-electron chi connectivity index (χ4n) is 1.82. The van der Waals surface area contributed by atoms with Crippen LogP contribution in [0.1, 0.15) is 32.6 Å². The van der Waals surface area contributed by atoms with E-state index in [1.807, 2.05) is 6.92 Å². The van der Waals surface area contributed by atoms with Crippen molar-refractivity contribution in [2.24, 2.45) is 4.99 Å². The number of aliphatic imine (C=N–C) groups is 1. The van der Waals surface area contributed by atoms with Gasteiger partial charge in [-0.05, 0) is 26.2 Å². The summed E-state index contributed by atoms with van der Waals surface area (Å²) in [4.78, 5) is 4.50. The van der Waals surface area contributed by atoms with Crippen LogP contribution in [0.5, 0.6) is 0 Å². The van der Waals surface area contributed by atoms with Gasteiger partial charge in [-0.15, -0.1) is 0 Å². The maximum atomic E-state index is 4.50. The molecule has 0 aliphatic carbocycles. The standard InChI is InChI=1S/C8H15N3/c1-7-9-8-5-3-2-4-6-11(8)10-7/h8H,2-6H2,1H3,(H,9,10). The Labute approximate surface area is 67.5 Å². The Bertz CT molecular complexity index is 176. The summed E-state index contributed by atoms with van der Waals surface area (Å²) in [5.74, 6) is 1.08. The number of nitrogens with zero attached hydrogens (tertiary/aromatic N) is 2. The molecule has 0 aromatic rings. The van der Waals surface area contributed by atoms with Crippen molar-refractivity contribution in [1.82, 2.24) is 10.4 Å². The van der Waals surface area contributed by atoms with Gasteiger partial charge in [0.1, 0.15) is 12.0 Å². The average Bonchev–Trinajstić information content (AvgIpc) is 2.17. The molecule has 2 aliphatic rings. The zero-order valence-corrected chi connectivity index (χ0v) is 7.01. The van der Waals surface area contributed by atoms with E-state index in [2.05, 4.69) is 15.4 Å². The molecule has 0 bridgehead atoms. The largest absolute Gasteiger partial charge is 0.305 e. The highest BCUT2D eigenvalue weighted by molar-refractivity contribution is 5.80. The van der Waals surface area contributed by atoms with E-state index in [4.69, 9.17) is 0 Å². The topological polar surface area (TPSA) is 27.6 Å². The molecule has 3 nitrogen and oxygen atoms in total. The lowest BCUT2D eigenvalue weighted by Gasteiger charge is -2.19. The van der Waals surface area contributed by atoms with Gasteiger partial charge >= 0.3 is 0 Å². The first-order chi connectivity index (χ1) is 5.36. The smallest absolute Gasteiger partial charge is 0.121 e. The molecule has 1 saturated heterocycles. The minimum absolute atomic E-state index is 0.442. The Balaban J connectivity index is 2.04. The molecular formula is C8H15N3.